The molecule has 108 valence electrons. The zero-order valence-corrected chi connectivity index (χ0v) is 11.8. The van der Waals surface area contributed by atoms with E-state index in [-0.39, 0.29) is 18.2 Å². The first-order valence-corrected chi connectivity index (χ1v) is 7.78. The molecule has 0 spiro atoms. The zero-order valence-electron chi connectivity index (χ0n) is 11.0. The summed E-state index contributed by atoms with van der Waals surface area (Å²) in [4.78, 5) is 12.9. The third-order valence-corrected chi connectivity index (χ3v) is 4.46. The zero-order chi connectivity index (χ0) is 14.3. The normalized spacial score (nSPS) is 17.9. The van der Waals surface area contributed by atoms with Crippen LogP contribution in [0.1, 0.15) is 19.3 Å². The molecule has 8 heteroatoms. The molecule has 1 rings (SSSR count). The maximum atomic E-state index is 11.7. The minimum atomic E-state index is -3.45. The molecule has 0 unspecified atom stereocenters. The van der Waals surface area contributed by atoms with E-state index in [0.29, 0.717) is 32.5 Å². The van der Waals surface area contributed by atoms with Crippen molar-refractivity contribution >= 4 is 16.0 Å². The molecule has 0 bridgehead atoms. The monoisotopic (exact) mass is 289 g/mol. The van der Waals surface area contributed by atoms with Gasteiger partial charge in [-0.2, -0.15) is 5.26 Å². The van der Waals surface area contributed by atoms with Crippen molar-refractivity contribution in [1.29, 1.82) is 5.26 Å². The molecule has 0 aromatic rings. The fraction of sp³-hybridized carbons (Fsp3) is 0.818. The highest BCUT2D eigenvalue weighted by molar-refractivity contribution is 7.89. The number of ether oxygens (including phenoxy) is 1. The van der Waals surface area contributed by atoms with Gasteiger partial charge >= 0.3 is 5.97 Å². The second kappa shape index (κ2) is 7.43. The minimum absolute atomic E-state index is 0.113. The Labute approximate surface area is 113 Å². The lowest BCUT2D eigenvalue weighted by atomic mass is 10.1. The van der Waals surface area contributed by atoms with Crippen molar-refractivity contribution in [1.82, 2.24) is 9.62 Å². The summed E-state index contributed by atoms with van der Waals surface area (Å²) < 4.78 is 30.5. The van der Waals surface area contributed by atoms with Crippen molar-refractivity contribution in [3.8, 4) is 6.07 Å². The fourth-order valence-electron chi connectivity index (χ4n) is 1.94. The number of carbonyl (C=O) groups excluding carboxylic acids is 1. The van der Waals surface area contributed by atoms with E-state index in [1.54, 1.807) is 0 Å². The number of esters is 1. The first-order valence-electron chi connectivity index (χ1n) is 6.13. The number of methoxy groups -OCH3 is 1. The summed E-state index contributed by atoms with van der Waals surface area (Å²) in [5, 5.41) is 8.57. The number of nitrogens with one attached hydrogen (secondary N) is 1. The first kappa shape index (κ1) is 15.9. The molecule has 0 atom stereocenters. The van der Waals surface area contributed by atoms with E-state index in [1.165, 1.54) is 7.11 Å². The average molecular weight is 289 g/mol. The van der Waals surface area contributed by atoms with Gasteiger partial charge in [-0.25, -0.2) is 13.1 Å². The molecule has 1 fully saturated rings. The fourth-order valence-corrected chi connectivity index (χ4v) is 3.24. The number of sulfonamides is 1. The van der Waals surface area contributed by atoms with Crippen molar-refractivity contribution in [2.24, 2.45) is 0 Å². The third-order valence-electron chi connectivity index (χ3n) is 3.03. The number of hydrogen-bond donors (Lipinski definition) is 1. The molecule has 0 aliphatic carbocycles. The molecular formula is C11H19N3O4S. The van der Waals surface area contributed by atoms with Crippen LogP contribution in [0.15, 0.2) is 0 Å². The second-order valence-corrected chi connectivity index (χ2v) is 6.34. The van der Waals surface area contributed by atoms with Crippen LogP contribution < -0.4 is 4.72 Å². The van der Waals surface area contributed by atoms with Crippen LogP contribution in [-0.4, -0.2) is 57.8 Å². The molecule has 7 nitrogen and oxygen atoms in total. The second-order valence-electron chi connectivity index (χ2n) is 4.47. The highest BCUT2D eigenvalue weighted by Crippen LogP contribution is 2.11. The number of piperidine rings is 1. The smallest absolute Gasteiger partial charge is 0.306 e. The Morgan fingerprint density at radius 3 is 2.63 bits per heavy atom. The van der Waals surface area contributed by atoms with Gasteiger partial charge in [-0.15, -0.1) is 0 Å². The number of nitriles is 1. The predicted molar refractivity (Wildman–Crippen MR) is 68.6 cm³/mol. The summed E-state index contributed by atoms with van der Waals surface area (Å²) >= 11 is 0. The maximum absolute atomic E-state index is 11.7. The van der Waals surface area contributed by atoms with Crippen LogP contribution in [0.5, 0.6) is 0 Å². The standard InChI is InChI=1S/C11H19N3O4S/c1-18-11(15)4-9-19(16,17)13-10-2-6-14(7-3-10)8-5-12/h10,13H,2-4,6-9H2,1H3. The molecule has 1 aliphatic heterocycles. The molecule has 0 aromatic heterocycles. The lowest BCUT2D eigenvalue weighted by molar-refractivity contribution is -0.140. The molecule has 0 aromatic carbocycles. The van der Waals surface area contributed by atoms with Gasteiger partial charge in [0.2, 0.25) is 10.0 Å². The number of carbonyl (C=O) groups is 1. The Kier molecular flexibility index (Phi) is 6.21. The summed E-state index contributed by atoms with van der Waals surface area (Å²) in [6.45, 7) is 1.79. The molecule has 1 aliphatic rings. The van der Waals surface area contributed by atoms with E-state index >= 15 is 0 Å². The van der Waals surface area contributed by atoms with Crippen LogP contribution >= 0.6 is 0 Å². The van der Waals surface area contributed by atoms with E-state index in [4.69, 9.17) is 5.26 Å². The molecule has 0 radical (unpaired) electrons. The highest BCUT2D eigenvalue weighted by atomic mass is 32.2. The Morgan fingerprint density at radius 2 is 2.11 bits per heavy atom. The highest BCUT2D eigenvalue weighted by Gasteiger charge is 2.23. The Hall–Kier alpha value is -1.17. The lowest BCUT2D eigenvalue weighted by Crippen LogP contribution is -2.45. The summed E-state index contributed by atoms with van der Waals surface area (Å²) in [5.74, 6) is -0.785. The number of rotatable bonds is 6. The summed E-state index contributed by atoms with van der Waals surface area (Å²) in [7, 11) is -2.22. The number of likely N-dealkylation sites (tertiary alicyclic amines) is 1. The van der Waals surface area contributed by atoms with Crippen molar-refractivity contribution in [3.05, 3.63) is 0 Å². The number of hydrogen-bond acceptors (Lipinski definition) is 6. The molecule has 1 heterocycles. The third kappa shape index (κ3) is 6.00. The number of nitrogens with zero attached hydrogens (tertiary/aromatic N) is 2. The van der Waals surface area contributed by atoms with Gasteiger partial charge in [0.1, 0.15) is 0 Å². The summed E-state index contributed by atoms with van der Waals surface area (Å²) in [6, 6.07) is 1.96. The van der Waals surface area contributed by atoms with Gasteiger partial charge in [0, 0.05) is 19.1 Å². The van der Waals surface area contributed by atoms with Crippen LogP contribution in [0, 0.1) is 11.3 Å². The van der Waals surface area contributed by atoms with Gasteiger partial charge in [0.05, 0.1) is 31.9 Å². The Balaban J connectivity index is 2.35. The Bertz CT molecular complexity index is 435. The van der Waals surface area contributed by atoms with Crippen molar-refractivity contribution in [3.63, 3.8) is 0 Å². The first-order chi connectivity index (χ1) is 8.96. The molecule has 0 amide bonds. The van der Waals surface area contributed by atoms with Crippen molar-refractivity contribution < 1.29 is 17.9 Å². The molecular weight excluding hydrogens is 270 g/mol. The minimum Gasteiger partial charge on any atom is -0.469 e. The molecule has 1 N–H and O–H groups in total. The van der Waals surface area contributed by atoms with E-state index in [2.05, 4.69) is 15.5 Å². The van der Waals surface area contributed by atoms with E-state index in [9.17, 15) is 13.2 Å². The van der Waals surface area contributed by atoms with Crippen molar-refractivity contribution in [2.45, 2.75) is 25.3 Å². The summed E-state index contributed by atoms with van der Waals surface area (Å²) in [6.07, 6.45) is 1.22. The van der Waals surface area contributed by atoms with Crippen LogP contribution in [0.25, 0.3) is 0 Å². The van der Waals surface area contributed by atoms with Crippen LogP contribution in [-0.2, 0) is 19.6 Å². The topological polar surface area (TPSA) is 99.5 Å². The van der Waals surface area contributed by atoms with E-state index in [1.807, 2.05) is 4.90 Å². The lowest BCUT2D eigenvalue weighted by Gasteiger charge is -2.30. The summed E-state index contributed by atoms with van der Waals surface area (Å²) in [5.41, 5.74) is 0. The van der Waals surface area contributed by atoms with Gasteiger partial charge in [0.15, 0.2) is 0 Å². The maximum Gasteiger partial charge on any atom is 0.306 e. The van der Waals surface area contributed by atoms with Gasteiger partial charge < -0.3 is 4.74 Å². The molecule has 1 saturated heterocycles. The van der Waals surface area contributed by atoms with Gasteiger partial charge in [0.25, 0.3) is 0 Å². The van der Waals surface area contributed by atoms with Crippen LogP contribution in [0.3, 0.4) is 0 Å². The molecule has 19 heavy (non-hydrogen) atoms. The van der Waals surface area contributed by atoms with E-state index in [0.717, 1.165) is 0 Å². The SMILES string of the molecule is COC(=O)CCS(=O)(=O)NC1CCN(CC#N)CC1. The average Bonchev–Trinajstić information content (AvgIpc) is 2.38. The van der Waals surface area contributed by atoms with Gasteiger partial charge in [-0.3, -0.25) is 9.69 Å². The predicted octanol–water partition coefficient (Wildman–Crippen LogP) is -0.543. The Morgan fingerprint density at radius 1 is 1.47 bits per heavy atom. The van der Waals surface area contributed by atoms with Gasteiger partial charge in [-0.05, 0) is 12.8 Å². The van der Waals surface area contributed by atoms with Crippen LogP contribution in [0.2, 0.25) is 0 Å². The largest absolute Gasteiger partial charge is 0.469 e. The quantitative estimate of drug-likeness (QED) is 0.520. The molecule has 0 saturated carbocycles. The van der Waals surface area contributed by atoms with E-state index < -0.39 is 16.0 Å². The van der Waals surface area contributed by atoms with Gasteiger partial charge in [-0.1, -0.05) is 0 Å². The van der Waals surface area contributed by atoms with Crippen molar-refractivity contribution in [2.75, 3.05) is 32.5 Å². The van der Waals surface area contributed by atoms with Crippen LogP contribution in [0.4, 0.5) is 0 Å².